The van der Waals surface area contributed by atoms with Crippen LogP contribution in [0.2, 0.25) is 0 Å². The zero-order valence-electron chi connectivity index (χ0n) is 11.2. The molecule has 100 valence electrons. The fourth-order valence-corrected chi connectivity index (χ4v) is 2.08. The topological polar surface area (TPSA) is 35.5 Å². The van der Waals surface area contributed by atoms with Crippen molar-refractivity contribution in [2.24, 2.45) is 0 Å². The Balaban J connectivity index is 2.83. The highest BCUT2D eigenvalue weighted by atomic mass is 16.3. The molecule has 0 aliphatic carbocycles. The summed E-state index contributed by atoms with van der Waals surface area (Å²) in [5.74, 6) is 0. The third-order valence-corrected chi connectivity index (χ3v) is 2.96. The van der Waals surface area contributed by atoms with Crippen molar-refractivity contribution in [3.8, 4) is 0 Å². The van der Waals surface area contributed by atoms with Crippen LogP contribution in [0.5, 0.6) is 0 Å². The average Bonchev–Trinajstić information content (AvgIpc) is 2.41. The standard InChI is InChI=1S/C15H24N2O/c1-3-10-17(11-12-18)15(13-16-4-2)14-8-6-5-7-9-14/h3,5-9,15-16,18H,1,4,10-13H2,2H3. The lowest BCUT2D eigenvalue weighted by atomic mass is 10.0. The van der Waals surface area contributed by atoms with Crippen LogP contribution in [0.15, 0.2) is 43.0 Å². The molecule has 0 saturated heterocycles. The summed E-state index contributed by atoms with van der Waals surface area (Å²) in [6.07, 6.45) is 1.89. The van der Waals surface area contributed by atoms with Crippen LogP contribution in [0.4, 0.5) is 0 Å². The van der Waals surface area contributed by atoms with Gasteiger partial charge >= 0.3 is 0 Å². The van der Waals surface area contributed by atoms with Crippen LogP contribution in [0.25, 0.3) is 0 Å². The first-order chi connectivity index (χ1) is 8.83. The third-order valence-electron chi connectivity index (χ3n) is 2.96. The number of nitrogens with zero attached hydrogens (tertiary/aromatic N) is 1. The Bertz CT molecular complexity index is 327. The van der Waals surface area contributed by atoms with Gasteiger partial charge in [-0.05, 0) is 12.1 Å². The maximum atomic E-state index is 9.19. The molecule has 18 heavy (non-hydrogen) atoms. The number of hydrogen-bond donors (Lipinski definition) is 2. The Morgan fingerprint density at radius 3 is 2.67 bits per heavy atom. The summed E-state index contributed by atoms with van der Waals surface area (Å²) in [4.78, 5) is 2.24. The Kier molecular flexibility index (Phi) is 7.34. The Morgan fingerprint density at radius 1 is 1.39 bits per heavy atom. The van der Waals surface area contributed by atoms with Crippen LogP contribution < -0.4 is 5.32 Å². The van der Waals surface area contributed by atoms with E-state index >= 15 is 0 Å². The molecule has 0 bridgehead atoms. The van der Waals surface area contributed by atoms with Gasteiger partial charge < -0.3 is 10.4 Å². The molecule has 0 saturated carbocycles. The second-order valence-corrected chi connectivity index (χ2v) is 4.24. The zero-order chi connectivity index (χ0) is 13.2. The van der Waals surface area contributed by atoms with E-state index in [9.17, 15) is 5.11 Å². The first-order valence-corrected chi connectivity index (χ1v) is 6.55. The monoisotopic (exact) mass is 248 g/mol. The largest absolute Gasteiger partial charge is 0.395 e. The van der Waals surface area contributed by atoms with Gasteiger partial charge in [-0.2, -0.15) is 0 Å². The lowest BCUT2D eigenvalue weighted by molar-refractivity contribution is 0.162. The molecule has 0 aliphatic heterocycles. The van der Waals surface area contributed by atoms with Crippen LogP contribution in [0.1, 0.15) is 18.5 Å². The summed E-state index contributed by atoms with van der Waals surface area (Å²) >= 11 is 0. The van der Waals surface area contributed by atoms with Crippen LogP contribution in [-0.2, 0) is 0 Å². The predicted molar refractivity (Wildman–Crippen MR) is 76.6 cm³/mol. The van der Waals surface area contributed by atoms with E-state index in [1.807, 2.05) is 12.1 Å². The third kappa shape index (κ3) is 4.61. The fourth-order valence-electron chi connectivity index (χ4n) is 2.08. The lowest BCUT2D eigenvalue weighted by Gasteiger charge is -2.31. The molecule has 0 aromatic heterocycles. The van der Waals surface area contributed by atoms with Gasteiger partial charge in [0.15, 0.2) is 0 Å². The summed E-state index contributed by atoms with van der Waals surface area (Å²) < 4.78 is 0. The summed E-state index contributed by atoms with van der Waals surface area (Å²) in [6.45, 7) is 9.35. The molecule has 1 atom stereocenters. The quantitative estimate of drug-likeness (QED) is 0.654. The van der Waals surface area contributed by atoms with Gasteiger partial charge in [-0.3, -0.25) is 4.90 Å². The number of hydrogen-bond acceptors (Lipinski definition) is 3. The molecular formula is C15H24N2O. The normalized spacial score (nSPS) is 12.6. The van der Waals surface area contributed by atoms with Crippen LogP contribution in [-0.4, -0.2) is 42.8 Å². The summed E-state index contributed by atoms with van der Waals surface area (Å²) in [6, 6.07) is 10.7. The molecule has 2 N–H and O–H groups in total. The van der Waals surface area contributed by atoms with Crippen molar-refractivity contribution in [3.05, 3.63) is 48.6 Å². The number of aliphatic hydroxyl groups is 1. The van der Waals surface area contributed by atoms with Crippen molar-refractivity contribution in [1.82, 2.24) is 10.2 Å². The maximum absolute atomic E-state index is 9.19. The van der Waals surface area contributed by atoms with Crippen molar-refractivity contribution < 1.29 is 5.11 Å². The zero-order valence-corrected chi connectivity index (χ0v) is 11.2. The summed E-state index contributed by atoms with van der Waals surface area (Å²) in [5, 5.41) is 12.6. The van der Waals surface area contributed by atoms with Gasteiger partial charge in [-0.25, -0.2) is 0 Å². The van der Waals surface area contributed by atoms with Crippen LogP contribution in [0, 0.1) is 0 Å². The number of rotatable bonds is 9. The van der Waals surface area contributed by atoms with Crippen LogP contribution >= 0.6 is 0 Å². The van der Waals surface area contributed by atoms with Crippen molar-refractivity contribution in [1.29, 1.82) is 0 Å². The van der Waals surface area contributed by atoms with E-state index in [-0.39, 0.29) is 12.6 Å². The molecule has 0 radical (unpaired) electrons. The molecule has 3 heteroatoms. The highest BCUT2D eigenvalue weighted by Crippen LogP contribution is 2.19. The predicted octanol–water partition coefficient (Wildman–Crippen LogP) is 1.82. The molecule has 0 fully saturated rings. The van der Waals surface area contributed by atoms with Gasteiger partial charge in [-0.15, -0.1) is 6.58 Å². The van der Waals surface area contributed by atoms with Crippen LogP contribution in [0.3, 0.4) is 0 Å². The van der Waals surface area contributed by atoms with Crippen molar-refractivity contribution in [3.63, 3.8) is 0 Å². The Hall–Kier alpha value is -1.16. The van der Waals surface area contributed by atoms with E-state index in [0.29, 0.717) is 6.54 Å². The Morgan fingerprint density at radius 2 is 2.11 bits per heavy atom. The van der Waals surface area contributed by atoms with E-state index in [1.54, 1.807) is 0 Å². The maximum Gasteiger partial charge on any atom is 0.0558 e. The molecule has 1 unspecified atom stereocenters. The molecule has 0 spiro atoms. The second-order valence-electron chi connectivity index (χ2n) is 4.24. The van der Waals surface area contributed by atoms with Crippen molar-refractivity contribution in [2.45, 2.75) is 13.0 Å². The van der Waals surface area contributed by atoms with Crippen molar-refractivity contribution >= 4 is 0 Å². The van der Waals surface area contributed by atoms with E-state index in [0.717, 1.165) is 19.6 Å². The molecule has 3 nitrogen and oxygen atoms in total. The van der Waals surface area contributed by atoms with Gasteiger partial charge in [0.2, 0.25) is 0 Å². The second kappa shape index (κ2) is 8.86. The molecular weight excluding hydrogens is 224 g/mol. The highest BCUT2D eigenvalue weighted by Gasteiger charge is 2.18. The van der Waals surface area contributed by atoms with Gasteiger partial charge in [0.25, 0.3) is 0 Å². The molecule has 1 aromatic rings. The van der Waals surface area contributed by atoms with E-state index in [1.165, 1.54) is 5.56 Å². The van der Waals surface area contributed by atoms with Gasteiger partial charge in [0.05, 0.1) is 6.61 Å². The number of likely N-dealkylation sites (N-methyl/N-ethyl adjacent to an activating group) is 1. The summed E-state index contributed by atoms with van der Waals surface area (Å²) in [7, 11) is 0. The Labute approximate surface area is 110 Å². The minimum Gasteiger partial charge on any atom is -0.395 e. The smallest absolute Gasteiger partial charge is 0.0558 e. The fraction of sp³-hybridized carbons (Fsp3) is 0.467. The molecule has 0 aliphatic rings. The van der Waals surface area contributed by atoms with E-state index < -0.39 is 0 Å². The lowest BCUT2D eigenvalue weighted by Crippen LogP contribution is -2.37. The highest BCUT2D eigenvalue weighted by molar-refractivity contribution is 5.19. The van der Waals surface area contributed by atoms with E-state index in [2.05, 4.69) is 48.0 Å². The van der Waals surface area contributed by atoms with Gasteiger partial charge in [0, 0.05) is 25.7 Å². The molecule has 1 rings (SSSR count). The summed E-state index contributed by atoms with van der Waals surface area (Å²) in [5.41, 5.74) is 1.27. The number of nitrogens with one attached hydrogen (secondary N) is 1. The first kappa shape index (κ1) is 14.9. The van der Waals surface area contributed by atoms with Crippen molar-refractivity contribution in [2.75, 3.05) is 32.8 Å². The molecule has 1 aromatic carbocycles. The minimum atomic E-state index is 0.170. The average molecular weight is 248 g/mol. The minimum absolute atomic E-state index is 0.170. The number of aliphatic hydroxyl groups excluding tert-OH is 1. The molecule has 0 amide bonds. The first-order valence-electron chi connectivity index (χ1n) is 6.55. The van der Waals surface area contributed by atoms with E-state index in [4.69, 9.17) is 0 Å². The number of benzene rings is 1. The van der Waals surface area contributed by atoms with Gasteiger partial charge in [0.1, 0.15) is 0 Å². The SMILES string of the molecule is C=CCN(CCO)C(CNCC)c1ccccc1. The van der Waals surface area contributed by atoms with Gasteiger partial charge in [-0.1, -0.05) is 43.3 Å². The molecule has 0 heterocycles.